The number of halogens is 1. The van der Waals surface area contributed by atoms with E-state index in [0.29, 0.717) is 0 Å². The van der Waals surface area contributed by atoms with Crippen LogP contribution in [0.3, 0.4) is 0 Å². The van der Waals surface area contributed by atoms with Gasteiger partial charge in [-0.25, -0.2) is 0 Å². The zero-order valence-corrected chi connectivity index (χ0v) is 13.2. The molecular weight excluding hydrogens is 336 g/mol. The van der Waals surface area contributed by atoms with E-state index in [-0.39, 0.29) is 0 Å². The van der Waals surface area contributed by atoms with Crippen LogP contribution in [-0.2, 0) is 0 Å². The van der Waals surface area contributed by atoms with Crippen LogP contribution in [0, 0.1) is 0 Å². The fourth-order valence-electron chi connectivity index (χ4n) is 3.32. The molecular formula is C20H11BrO. The predicted molar refractivity (Wildman–Crippen MR) is 96.4 cm³/mol. The van der Waals surface area contributed by atoms with Crippen LogP contribution >= 0.6 is 15.9 Å². The van der Waals surface area contributed by atoms with Crippen molar-refractivity contribution in [2.24, 2.45) is 0 Å². The zero-order chi connectivity index (χ0) is 14.7. The first-order chi connectivity index (χ1) is 10.8. The highest BCUT2D eigenvalue weighted by Crippen LogP contribution is 2.35. The molecule has 0 unspecified atom stereocenters. The van der Waals surface area contributed by atoms with Gasteiger partial charge in [-0.3, -0.25) is 0 Å². The summed E-state index contributed by atoms with van der Waals surface area (Å²) in [6.07, 6.45) is 0. The number of furan rings is 1. The summed E-state index contributed by atoms with van der Waals surface area (Å²) in [5.74, 6) is 0. The standard InChI is InChI=1S/C20H11BrO/c21-20-11-18-16-6-5-14-9-12-3-1-2-4-13(12)10-17(14)15(16)7-8-19(18)22-20/h1-11H. The lowest BCUT2D eigenvalue weighted by Gasteiger charge is -2.07. The Labute approximate surface area is 135 Å². The highest BCUT2D eigenvalue weighted by atomic mass is 79.9. The van der Waals surface area contributed by atoms with Crippen LogP contribution < -0.4 is 0 Å². The van der Waals surface area contributed by atoms with Crippen LogP contribution in [0.25, 0.3) is 43.3 Å². The first-order valence-electron chi connectivity index (χ1n) is 7.23. The first kappa shape index (κ1) is 12.2. The number of fused-ring (bicyclic) bond motifs is 6. The van der Waals surface area contributed by atoms with E-state index in [1.54, 1.807) is 0 Å². The highest BCUT2D eigenvalue weighted by Gasteiger charge is 2.09. The number of hydrogen-bond donors (Lipinski definition) is 0. The molecule has 0 atom stereocenters. The maximum absolute atomic E-state index is 5.67. The molecule has 0 bridgehead atoms. The summed E-state index contributed by atoms with van der Waals surface area (Å²) in [5, 5.41) is 8.76. The van der Waals surface area contributed by atoms with Crippen LogP contribution in [0.15, 0.2) is 75.8 Å². The van der Waals surface area contributed by atoms with Gasteiger partial charge in [-0.05, 0) is 72.5 Å². The Bertz CT molecular complexity index is 1180. The molecule has 0 saturated carbocycles. The van der Waals surface area contributed by atoms with Gasteiger partial charge >= 0.3 is 0 Å². The van der Waals surface area contributed by atoms with Crippen LogP contribution in [0.4, 0.5) is 0 Å². The largest absolute Gasteiger partial charge is 0.449 e. The van der Waals surface area contributed by atoms with Gasteiger partial charge in [0.15, 0.2) is 4.67 Å². The highest BCUT2D eigenvalue weighted by molar-refractivity contribution is 9.10. The number of rotatable bonds is 0. The summed E-state index contributed by atoms with van der Waals surface area (Å²) >= 11 is 3.43. The Balaban J connectivity index is 2.01. The van der Waals surface area contributed by atoms with Crippen molar-refractivity contribution in [3.8, 4) is 0 Å². The second kappa shape index (κ2) is 4.34. The van der Waals surface area contributed by atoms with Gasteiger partial charge in [-0.15, -0.1) is 0 Å². The van der Waals surface area contributed by atoms with E-state index in [1.807, 2.05) is 6.07 Å². The first-order valence-corrected chi connectivity index (χ1v) is 8.02. The summed E-state index contributed by atoms with van der Waals surface area (Å²) in [5.41, 5.74) is 0.916. The molecule has 1 aromatic heterocycles. The summed E-state index contributed by atoms with van der Waals surface area (Å²) in [6, 6.07) is 23.7. The lowest BCUT2D eigenvalue weighted by Crippen LogP contribution is -1.80. The Kier molecular flexibility index (Phi) is 2.42. The van der Waals surface area contributed by atoms with Gasteiger partial charge in [0.1, 0.15) is 5.58 Å². The third-order valence-electron chi connectivity index (χ3n) is 4.35. The molecule has 0 amide bonds. The average molecular weight is 347 g/mol. The van der Waals surface area contributed by atoms with Gasteiger partial charge in [-0.2, -0.15) is 0 Å². The van der Waals surface area contributed by atoms with Crippen molar-refractivity contribution in [3.63, 3.8) is 0 Å². The van der Waals surface area contributed by atoms with Crippen molar-refractivity contribution in [1.82, 2.24) is 0 Å². The van der Waals surface area contributed by atoms with E-state index in [1.165, 1.54) is 32.3 Å². The van der Waals surface area contributed by atoms with Gasteiger partial charge in [-0.1, -0.05) is 42.5 Å². The molecule has 1 nitrogen and oxygen atoms in total. The lowest BCUT2D eigenvalue weighted by atomic mass is 9.97. The maximum atomic E-state index is 5.67. The fraction of sp³-hybridized carbons (Fsp3) is 0. The van der Waals surface area contributed by atoms with Crippen molar-refractivity contribution in [1.29, 1.82) is 0 Å². The summed E-state index contributed by atoms with van der Waals surface area (Å²) < 4.78 is 6.45. The van der Waals surface area contributed by atoms with Gasteiger partial charge in [0.2, 0.25) is 0 Å². The molecule has 4 aromatic carbocycles. The summed E-state index contributed by atoms with van der Waals surface area (Å²) in [6.45, 7) is 0. The number of benzene rings is 4. The Morgan fingerprint density at radius 2 is 1.32 bits per heavy atom. The molecule has 0 aliphatic heterocycles. The van der Waals surface area contributed by atoms with E-state index >= 15 is 0 Å². The topological polar surface area (TPSA) is 13.1 Å². The van der Waals surface area contributed by atoms with Gasteiger partial charge in [0.05, 0.1) is 0 Å². The molecule has 0 radical (unpaired) electrons. The molecule has 0 saturated heterocycles. The van der Waals surface area contributed by atoms with Crippen LogP contribution in [0.5, 0.6) is 0 Å². The molecule has 5 rings (SSSR count). The lowest BCUT2D eigenvalue weighted by molar-refractivity contribution is 0.587. The normalized spacial score (nSPS) is 11.9. The van der Waals surface area contributed by atoms with Gasteiger partial charge < -0.3 is 4.42 Å². The molecule has 0 aliphatic rings. The molecule has 5 aromatic rings. The SMILES string of the molecule is Brc1cc2c(ccc3c4cc5ccccc5cc4ccc23)o1. The third kappa shape index (κ3) is 1.65. The molecule has 0 aliphatic carbocycles. The average Bonchev–Trinajstić information content (AvgIpc) is 2.93. The summed E-state index contributed by atoms with van der Waals surface area (Å²) in [4.78, 5) is 0. The number of hydrogen-bond acceptors (Lipinski definition) is 1. The molecule has 0 fully saturated rings. The van der Waals surface area contributed by atoms with Crippen molar-refractivity contribution in [3.05, 3.63) is 71.4 Å². The Hall–Kier alpha value is -2.32. The van der Waals surface area contributed by atoms with Crippen molar-refractivity contribution in [2.45, 2.75) is 0 Å². The van der Waals surface area contributed by atoms with Crippen LogP contribution in [-0.4, -0.2) is 0 Å². The van der Waals surface area contributed by atoms with Crippen LogP contribution in [0.2, 0.25) is 0 Å². The fourth-order valence-corrected chi connectivity index (χ4v) is 3.72. The van der Waals surface area contributed by atoms with Crippen molar-refractivity contribution in [2.75, 3.05) is 0 Å². The minimum absolute atomic E-state index is 0.772. The second-order valence-electron chi connectivity index (χ2n) is 5.61. The van der Waals surface area contributed by atoms with Crippen LogP contribution in [0.1, 0.15) is 0 Å². The molecule has 22 heavy (non-hydrogen) atoms. The predicted octanol–water partition coefficient (Wildman–Crippen LogP) is 6.65. The molecule has 0 spiro atoms. The van der Waals surface area contributed by atoms with E-state index in [2.05, 4.69) is 76.6 Å². The van der Waals surface area contributed by atoms with E-state index in [4.69, 9.17) is 4.42 Å². The maximum Gasteiger partial charge on any atom is 0.170 e. The van der Waals surface area contributed by atoms with E-state index in [0.717, 1.165) is 15.6 Å². The quantitative estimate of drug-likeness (QED) is 0.226. The summed E-state index contributed by atoms with van der Waals surface area (Å²) in [7, 11) is 0. The minimum atomic E-state index is 0.772. The van der Waals surface area contributed by atoms with Crippen molar-refractivity contribution < 1.29 is 4.42 Å². The van der Waals surface area contributed by atoms with E-state index in [9.17, 15) is 0 Å². The zero-order valence-electron chi connectivity index (χ0n) is 11.6. The van der Waals surface area contributed by atoms with Crippen molar-refractivity contribution >= 4 is 59.2 Å². The monoisotopic (exact) mass is 346 g/mol. The molecule has 1 heterocycles. The molecule has 2 heteroatoms. The molecule has 104 valence electrons. The smallest absolute Gasteiger partial charge is 0.170 e. The van der Waals surface area contributed by atoms with Gasteiger partial charge in [0.25, 0.3) is 0 Å². The Morgan fingerprint density at radius 3 is 2.18 bits per heavy atom. The Morgan fingerprint density at radius 1 is 0.591 bits per heavy atom. The van der Waals surface area contributed by atoms with E-state index < -0.39 is 0 Å². The molecule has 0 N–H and O–H groups in total. The minimum Gasteiger partial charge on any atom is -0.449 e. The second-order valence-corrected chi connectivity index (χ2v) is 6.39. The third-order valence-corrected chi connectivity index (χ3v) is 4.74. The van der Waals surface area contributed by atoms with Gasteiger partial charge in [0, 0.05) is 5.39 Å².